The molecule has 0 saturated carbocycles. The number of hydrogen-bond donors (Lipinski definition) is 1. The molecule has 0 fully saturated rings. The van der Waals surface area contributed by atoms with E-state index in [1.807, 2.05) is 0 Å². The van der Waals surface area contributed by atoms with Crippen molar-refractivity contribution in [2.75, 3.05) is 0 Å². The molecule has 5 heteroatoms. The van der Waals surface area contributed by atoms with E-state index in [1.54, 1.807) is 0 Å². The quantitative estimate of drug-likeness (QED) is 0.337. The van der Waals surface area contributed by atoms with Gasteiger partial charge >= 0.3 is 0 Å². The monoisotopic (exact) mass is 166 g/mol. The maximum Gasteiger partial charge on any atom is 0.276 e. The number of aliphatic hydroxyl groups is 1. The Bertz CT molecular complexity index is 302. The minimum absolute atomic E-state index is 0.691. The Morgan fingerprint density at radius 2 is 2.33 bits per heavy atom. The highest BCUT2D eigenvalue weighted by molar-refractivity contribution is 5.29. The summed E-state index contributed by atoms with van der Waals surface area (Å²) in [5.74, 6) is 0. The summed E-state index contributed by atoms with van der Waals surface area (Å²) < 4.78 is 0. The Morgan fingerprint density at radius 3 is 2.75 bits per heavy atom. The number of allylic oxidation sites excluding steroid dienone is 2. The lowest BCUT2D eigenvalue weighted by atomic mass is 9.92. The van der Waals surface area contributed by atoms with Crippen LogP contribution in [0.1, 0.15) is 0 Å². The van der Waals surface area contributed by atoms with E-state index in [1.165, 1.54) is 24.3 Å². The average Bonchev–Trinajstić information content (AvgIpc) is 2.05. The summed E-state index contributed by atoms with van der Waals surface area (Å²) in [4.78, 5) is 9.65. The van der Waals surface area contributed by atoms with Crippen LogP contribution in [0.15, 0.2) is 24.3 Å². The van der Waals surface area contributed by atoms with Crippen molar-refractivity contribution in [2.45, 2.75) is 11.6 Å². The molecule has 0 spiro atoms. The smallest absolute Gasteiger partial charge is 0.276 e. The van der Waals surface area contributed by atoms with Gasteiger partial charge in [0.05, 0.1) is 0 Å². The molecule has 0 radical (unpaired) electrons. The van der Waals surface area contributed by atoms with Gasteiger partial charge in [-0.1, -0.05) is 12.2 Å². The molecule has 0 aromatic heterocycles. The van der Waals surface area contributed by atoms with Crippen molar-refractivity contribution in [2.24, 2.45) is 0 Å². The van der Waals surface area contributed by atoms with Gasteiger partial charge in [-0.15, -0.1) is 0 Å². The molecule has 2 unspecified atom stereocenters. The van der Waals surface area contributed by atoms with Crippen LogP contribution in [0.5, 0.6) is 0 Å². The SMILES string of the molecule is N#CC1(O)C=CC=CC1[N+](=O)[O-]. The highest BCUT2D eigenvalue weighted by Crippen LogP contribution is 2.19. The lowest BCUT2D eigenvalue weighted by molar-refractivity contribution is -0.524. The molecule has 0 aromatic rings. The van der Waals surface area contributed by atoms with E-state index in [-0.39, 0.29) is 0 Å². The van der Waals surface area contributed by atoms with E-state index in [2.05, 4.69) is 0 Å². The van der Waals surface area contributed by atoms with Gasteiger partial charge in [0.25, 0.3) is 6.04 Å². The molecule has 0 aliphatic heterocycles. The molecule has 0 saturated heterocycles. The molecule has 5 nitrogen and oxygen atoms in total. The van der Waals surface area contributed by atoms with E-state index in [0.717, 1.165) is 6.08 Å². The fourth-order valence-corrected chi connectivity index (χ4v) is 0.951. The summed E-state index contributed by atoms with van der Waals surface area (Å²) in [6.45, 7) is 0. The van der Waals surface area contributed by atoms with E-state index in [9.17, 15) is 15.2 Å². The molecule has 2 atom stereocenters. The molecule has 62 valence electrons. The predicted molar refractivity (Wildman–Crippen MR) is 39.6 cm³/mol. The normalized spacial score (nSPS) is 32.8. The van der Waals surface area contributed by atoms with Crippen molar-refractivity contribution in [3.05, 3.63) is 34.4 Å². The van der Waals surface area contributed by atoms with Gasteiger partial charge in [0, 0.05) is 4.92 Å². The molecular formula is C7H6N2O3. The van der Waals surface area contributed by atoms with Crippen molar-refractivity contribution >= 4 is 0 Å². The second kappa shape index (κ2) is 2.75. The Morgan fingerprint density at radius 1 is 1.67 bits per heavy atom. The van der Waals surface area contributed by atoms with E-state index in [0.29, 0.717) is 0 Å². The molecule has 1 aliphatic carbocycles. The van der Waals surface area contributed by atoms with Crippen LogP contribution >= 0.6 is 0 Å². The number of rotatable bonds is 1. The number of hydrogen-bond acceptors (Lipinski definition) is 4. The third kappa shape index (κ3) is 1.20. The van der Waals surface area contributed by atoms with Crippen molar-refractivity contribution in [3.63, 3.8) is 0 Å². The van der Waals surface area contributed by atoms with Crippen molar-refractivity contribution in [1.29, 1.82) is 5.26 Å². The molecule has 0 aromatic carbocycles. The Labute approximate surface area is 68.4 Å². The molecule has 0 bridgehead atoms. The molecule has 12 heavy (non-hydrogen) atoms. The van der Waals surface area contributed by atoms with Crippen LogP contribution in [0, 0.1) is 21.4 Å². The van der Waals surface area contributed by atoms with Crippen molar-refractivity contribution < 1.29 is 10.0 Å². The summed E-state index contributed by atoms with van der Waals surface area (Å²) in [6.07, 6.45) is 5.13. The highest BCUT2D eigenvalue weighted by Gasteiger charge is 2.43. The molecule has 1 N–H and O–H groups in total. The molecule has 0 amide bonds. The third-order valence-corrected chi connectivity index (χ3v) is 1.61. The van der Waals surface area contributed by atoms with Gasteiger partial charge in [-0.25, -0.2) is 0 Å². The van der Waals surface area contributed by atoms with Crippen molar-refractivity contribution in [3.8, 4) is 6.07 Å². The van der Waals surface area contributed by atoms with Gasteiger partial charge in [0.15, 0.2) is 0 Å². The first kappa shape index (κ1) is 8.43. The standard InChI is InChI=1S/C7H6N2O3/c8-5-7(10)4-2-1-3-6(7)9(11)12/h1-4,6,10H. The second-order valence-corrected chi connectivity index (χ2v) is 2.41. The second-order valence-electron chi connectivity index (χ2n) is 2.41. The van der Waals surface area contributed by atoms with Crippen LogP contribution < -0.4 is 0 Å². The minimum atomic E-state index is -2.00. The Balaban J connectivity index is 3.02. The molecular weight excluding hydrogens is 160 g/mol. The zero-order valence-electron chi connectivity index (χ0n) is 6.04. The van der Waals surface area contributed by atoms with Gasteiger partial charge in [-0.3, -0.25) is 10.1 Å². The van der Waals surface area contributed by atoms with Gasteiger partial charge in [0.2, 0.25) is 5.60 Å². The van der Waals surface area contributed by atoms with E-state index >= 15 is 0 Å². The lowest BCUT2D eigenvalue weighted by Gasteiger charge is -2.19. The maximum absolute atomic E-state index is 10.3. The predicted octanol–water partition coefficient (Wildman–Crippen LogP) is 0.0124. The third-order valence-electron chi connectivity index (χ3n) is 1.61. The summed E-state index contributed by atoms with van der Waals surface area (Å²) in [6, 6.07) is 0.119. The lowest BCUT2D eigenvalue weighted by Crippen LogP contribution is -2.43. The van der Waals surface area contributed by atoms with Crippen LogP contribution in [0.4, 0.5) is 0 Å². The van der Waals surface area contributed by atoms with Gasteiger partial charge in [-0.05, 0) is 12.2 Å². The van der Waals surface area contributed by atoms with Gasteiger partial charge in [-0.2, -0.15) is 5.26 Å². The zero-order valence-corrected chi connectivity index (χ0v) is 6.04. The largest absolute Gasteiger partial charge is 0.366 e. The van der Waals surface area contributed by atoms with E-state index < -0.39 is 16.6 Å². The van der Waals surface area contributed by atoms with Crippen LogP contribution in [0.25, 0.3) is 0 Å². The first-order valence-corrected chi connectivity index (χ1v) is 3.23. The Kier molecular flexibility index (Phi) is 1.93. The Hall–Kier alpha value is -1.67. The van der Waals surface area contributed by atoms with Gasteiger partial charge in [0.1, 0.15) is 6.07 Å². The van der Waals surface area contributed by atoms with E-state index in [4.69, 9.17) is 5.26 Å². The fourth-order valence-electron chi connectivity index (χ4n) is 0.951. The number of nitriles is 1. The number of nitro groups is 1. The molecule has 1 rings (SSSR count). The van der Waals surface area contributed by atoms with Crippen LogP contribution in [-0.2, 0) is 0 Å². The summed E-state index contributed by atoms with van der Waals surface area (Å²) in [7, 11) is 0. The van der Waals surface area contributed by atoms with Gasteiger partial charge < -0.3 is 5.11 Å². The average molecular weight is 166 g/mol. The topological polar surface area (TPSA) is 87.2 Å². The first-order chi connectivity index (χ1) is 5.60. The number of nitrogens with zero attached hydrogens (tertiary/aromatic N) is 2. The minimum Gasteiger partial charge on any atom is -0.366 e. The first-order valence-electron chi connectivity index (χ1n) is 3.23. The highest BCUT2D eigenvalue weighted by atomic mass is 16.6. The van der Waals surface area contributed by atoms with Crippen LogP contribution in [-0.4, -0.2) is 21.7 Å². The van der Waals surface area contributed by atoms with Crippen LogP contribution in [0.2, 0.25) is 0 Å². The zero-order chi connectivity index (χ0) is 9.19. The van der Waals surface area contributed by atoms with Crippen molar-refractivity contribution in [1.82, 2.24) is 0 Å². The summed E-state index contributed by atoms with van der Waals surface area (Å²) in [5.41, 5.74) is -2.00. The fraction of sp³-hybridized carbons (Fsp3) is 0.286. The maximum atomic E-state index is 10.3. The summed E-state index contributed by atoms with van der Waals surface area (Å²) >= 11 is 0. The van der Waals surface area contributed by atoms with Crippen LogP contribution in [0.3, 0.4) is 0 Å². The molecule has 0 heterocycles. The molecule has 1 aliphatic rings. The summed E-state index contributed by atoms with van der Waals surface area (Å²) in [5, 5.41) is 28.2.